The SMILES string of the molecule is Cc1cc(C)n(-c2cncc(NCc3ccc(CN(C)C)c(F)c3)n2)n1. The van der Waals surface area contributed by atoms with E-state index in [1.165, 1.54) is 0 Å². The molecule has 0 saturated carbocycles. The van der Waals surface area contributed by atoms with Gasteiger partial charge in [-0.2, -0.15) is 5.10 Å². The number of benzene rings is 1. The monoisotopic (exact) mass is 354 g/mol. The van der Waals surface area contributed by atoms with E-state index in [0.717, 1.165) is 17.0 Å². The van der Waals surface area contributed by atoms with Crippen LogP contribution in [0.3, 0.4) is 0 Å². The molecule has 3 aromatic rings. The predicted octanol–water partition coefficient (Wildman–Crippen LogP) is 3.09. The van der Waals surface area contributed by atoms with Gasteiger partial charge in [-0.15, -0.1) is 0 Å². The van der Waals surface area contributed by atoms with Gasteiger partial charge in [0, 0.05) is 24.3 Å². The van der Waals surface area contributed by atoms with Crippen LogP contribution in [0.4, 0.5) is 10.2 Å². The van der Waals surface area contributed by atoms with E-state index in [0.29, 0.717) is 30.3 Å². The molecule has 7 heteroatoms. The third-order valence-electron chi connectivity index (χ3n) is 3.93. The third kappa shape index (κ3) is 4.23. The van der Waals surface area contributed by atoms with Gasteiger partial charge >= 0.3 is 0 Å². The zero-order valence-electron chi connectivity index (χ0n) is 15.5. The summed E-state index contributed by atoms with van der Waals surface area (Å²) in [5.74, 6) is 1.07. The summed E-state index contributed by atoms with van der Waals surface area (Å²) < 4.78 is 15.9. The Hall–Kier alpha value is -2.80. The molecule has 0 atom stereocenters. The molecule has 0 saturated heterocycles. The molecule has 136 valence electrons. The smallest absolute Gasteiger partial charge is 0.174 e. The molecule has 0 unspecified atom stereocenters. The van der Waals surface area contributed by atoms with E-state index in [1.807, 2.05) is 51.0 Å². The molecule has 1 aromatic carbocycles. The van der Waals surface area contributed by atoms with Crippen LogP contribution >= 0.6 is 0 Å². The number of halogens is 1. The highest BCUT2D eigenvalue weighted by atomic mass is 19.1. The second-order valence-corrected chi connectivity index (χ2v) is 6.62. The number of hydrogen-bond acceptors (Lipinski definition) is 5. The molecule has 0 aliphatic heterocycles. The molecule has 1 N–H and O–H groups in total. The van der Waals surface area contributed by atoms with Crippen molar-refractivity contribution in [3.05, 3.63) is 65.0 Å². The molecule has 0 bridgehead atoms. The first kappa shape index (κ1) is 18.0. The first-order valence-corrected chi connectivity index (χ1v) is 8.44. The minimum absolute atomic E-state index is 0.194. The number of anilines is 1. The summed E-state index contributed by atoms with van der Waals surface area (Å²) in [4.78, 5) is 10.7. The Balaban J connectivity index is 1.71. The lowest BCUT2D eigenvalue weighted by atomic mass is 10.1. The first-order valence-electron chi connectivity index (χ1n) is 8.44. The topological polar surface area (TPSA) is 58.9 Å². The molecular formula is C19H23FN6. The van der Waals surface area contributed by atoms with Crippen LogP contribution in [0.1, 0.15) is 22.5 Å². The molecule has 3 rings (SSSR count). The normalized spacial score (nSPS) is 11.2. The number of hydrogen-bond donors (Lipinski definition) is 1. The van der Waals surface area contributed by atoms with Gasteiger partial charge in [-0.25, -0.2) is 14.1 Å². The van der Waals surface area contributed by atoms with Gasteiger partial charge in [0.25, 0.3) is 0 Å². The molecule has 2 aromatic heterocycles. The fourth-order valence-corrected chi connectivity index (χ4v) is 2.77. The number of nitrogens with one attached hydrogen (secondary N) is 1. The summed E-state index contributed by atoms with van der Waals surface area (Å²) >= 11 is 0. The van der Waals surface area contributed by atoms with Crippen LogP contribution in [-0.2, 0) is 13.1 Å². The van der Waals surface area contributed by atoms with Crippen molar-refractivity contribution in [3.63, 3.8) is 0 Å². The van der Waals surface area contributed by atoms with Gasteiger partial charge in [-0.3, -0.25) is 4.98 Å². The lowest BCUT2D eigenvalue weighted by molar-refractivity contribution is 0.392. The minimum Gasteiger partial charge on any atom is -0.365 e. The molecule has 6 nitrogen and oxygen atoms in total. The molecule has 0 aliphatic carbocycles. The summed E-state index contributed by atoms with van der Waals surface area (Å²) in [5, 5.41) is 7.61. The van der Waals surface area contributed by atoms with Gasteiger partial charge in [0.1, 0.15) is 11.6 Å². The molecule has 0 amide bonds. The summed E-state index contributed by atoms with van der Waals surface area (Å²) in [6.45, 7) is 4.96. The molecule has 2 heterocycles. The maximum absolute atomic E-state index is 14.2. The van der Waals surface area contributed by atoms with Crippen molar-refractivity contribution < 1.29 is 4.39 Å². The summed E-state index contributed by atoms with van der Waals surface area (Å²) in [5.41, 5.74) is 3.46. The van der Waals surface area contributed by atoms with Crippen molar-refractivity contribution in [3.8, 4) is 5.82 Å². The zero-order valence-corrected chi connectivity index (χ0v) is 15.5. The average Bonchev–Trinajstić information content (AvgIpc) is 2.93. The van der Waals surface area contributed by atoms with Crippen LogP contribution in [0.25, 0.3) is 5.82 Å². The second kappa shape index (κ2) is 7.61. The fourth-order valence-electron chi connectivity index (χ4n) is 2.77. The number of nitrogens with zero attached hydrogens (tertiary/aromatic N) is 5. The van der Waals surface area contributed by atoms with Gasteiger partial charge in [-0.05, 0) is 45.6 Å². The number of aryl methyl sites for hydroxylation is 2. The zero-order chi connectivity index (χ0) is 18.7. The lowest BCUT2D eigenvalue weighted by Crippen LogP contribution is -2.12. The van der Waals surface area contributed by atoms with E-state index in [1.54, 1.807) is 23.1 Å². The third-order valence-corrected chi connectivity index (χ3v) is 3.93. The number of aromatic nitrogens is 4. The van der Waals surface area contributed by atoms with Crippen LogP contribution in [0.2, 0.25) is 0 Å². The Bertz CT molecular complexity index is 903. The van der Waals surface area contributed by atoms with E-state index >= 15 is 0 Å². The van der Waals surface area contributed by atoms with Gasteiger partial charge in [-0.1, -0.05) is 12.1 Å². The van der Waals surface area contributed by atoms with Crippen LogP contribution in [0.15, 0.2) is 36.7 Å². The minimum atomic E-state index is -0.194. The number of rotatable bonds is 6. The Labute approximate surface area is 152 Å². The maximum Gasteiger partial charge on any atom is 0.174 e. The average molecular weight is 354 g/mol. The Morgan fingerprint density at radius 2 is 1.96 bits per heavy atom. The van der Waals surface area contributed by atoms with Gasteiger partial charge in [0.15, 0.2) is 5.82 Å². The highest BCUT2D eigenvalue weighted by Crippen LogP contribution is 2.15. The highest BCUT2D eigenvalue weighted by molar-refractivity contribution is 5.38. The Kier molecular flexibility index (Phi) is 5.27. The van der Waals surface area contributed by atoms with Crippen LogP contribution < -0.4 is 5.32 Å². The lowest BCUT2D eigenvalue weighted by Gasteiger charge is -2.12. The van der Waals surface area contributed by atoms with Crippen molar-refractivity contribution in [2.45, 2.75) is 26.9 Å². The Morgan fingerprint density at radius 3 is 2.62 bits per heavy atom. The van der Waals surface area contributed by atoms with Crippen molar-refractivity contribution >= 4 is 5.82 Å². The fraction of sp³-hybridized carbons (Fsp3) is 0.316. The molecule has 26 heavy (non-hydrogen) atoms. The quantitative estimate of drug-likeness (QED) is 0.737. The molecular weight excluding hydrogens is 331 g/mol. The van der Waals surface area contributed by atoms with E-state index in [2.05, 4.69) is 20.4 Å². The van der Waals surface area contributed by atoms with Gasteiger partial charge in [0.2, 0.25) is 0 Å². The van der Waals surface area contributed by atoms with E-state index in [4.69, 9.17) is 0 Å². The van der Waals surface area contributed by atoms with Gasteiger partial charge < -0.3 is 10.2 Å². The van der Waals surface area contributed by atoms with Crippen molar-refractivity contribution in [1.29, 1.82) is 0 Å². The van der Waals surface area contributed by atoms with Crippen molar-refractivity contribution in [2.75, 3.05) is 19.4 Å². The predicted molar refractivity (Wildman–Crippen MR) is 99.7 cm³/mol. The van der Waals surface area contributed by atoms with Gasteiger partial charge in [0.05, 0.1) is 18.1 Å². The van der Waals surface area contributed by atoms with Crippen LogP contribution in [0.5, 0.6) is 0 Å². The molecule has 0 radical (unpaired) electrons. The van der Waals surface area contributed by atoms with E-state index < -0.39 is 0 Å². The molecule has 0 fully saturated rings. The van der Waals surface area contributed by atoms with Crippen molar-refractivity contribution in [1.82, 2.24) is 24.6 Å². The Morgan fingerprint density at radius 1 is 1.15 bits per heavy atom. The van der Waals surface area contributed by atoms with E-state index in [-0.39, 0.29) is 5.82 Å². The highest BCUT2D eigenvalue weighted by Gasteiger charge is 2.08. The second-order valence-electron chi connectivity index (χ2n) is 6.62. The van der Waals surface area contributed by atoms with Crippen LogP contribution in [-0.4, -0.2) is 38.7 Å². The summed E-state index contributed by atoms with van der Waals surface area (Å²) in [6, 6.07) is 7.29. The standard InChI is InChI=1S/C19H23FN6/c1-13-7-14(2)26(24-13)19-11-21-10-18(23-19)22-9-15-5-6-16(12-25(3)4)17(20)8-15/h5-8,10-11H,9,12H2,1-4H3,(H,22,23). The van der Waals surface area contributed by atoms with Crippen molar-refractivity contribution in [2.24, 2.45) is 0 Å². The van der Waals surface area contributed by atoms with Crippen LogP contribution in [0, 0.1) is 19.7 Å². The summed E-state index contributed by atoms with van der Waals surface area (Å²) in [6.07, 6.45) is 3.31. The molecule has 0 spiro atoms. The maximum atomic E-state index is 14.2. The summed E-state index contributed by atoms with van der Waals surface area (Å²) in [7, 11) is 3.84. The largest absolute Gasteiger partial charge is 0.365 e. The first-order chi connectivity index (χ1) is 12.4. The van der Waals surface area contributed by atoms with E-state index in [9.17, 15) is 4.39 Å². The molecule has 0 aliphatic rings.